The SMILES string of the molecule is CC(C)(C)NCC(C#N)=Cc1ccccc1. The standard InChI is InChI=1S/C14H18N2/c1-14(2,3)16-11-13(10-15)9-12-7-5-4-6-8-12/h4-9,16H,11H2,1-3H3. The van der Waals surface area contributed by atoms with Gasteiger partial charge in [0, 0.05) is 17.7 Å². The summed E-state index contributed by atoms with van der Waals surface area (Å²) < 4.78 is 0. The first kappa shape index (κ1) is 12.5. The van der Waals surface area contributed by atoms with Crippen molar-refractivity contribution in [3.8, 4) is 6.07 Å². The highest BCUT2D eigenvalue weighted by molar-refractivity contribution is 5.57. The largest absolute Gasteiger partial charge is 0.307 e. The van der Waals surface area contributed by atoms with E-state index in [2.05, 4.69) is 32.2 Å². The van der Waals surface area contributed by atoms with Gasteiger partial charge in [0.25, 0.3) is 0 Å². The monoisotopic (exact) mass is 214 g/mol. The number of rotatable bonds is 3. The Bertz CT molecular complexity index is 391. The van der Waals surface area contributed by atoms with Crippen LogP contribution in [0.1, 0.15) is 26.3 Å². The normalized spacial score (nSPS) is 12.2. The number of nitrogens with one attached hydrogen (secondary N) is 1. The molecule has 2 nitrogen and oxygen atoms in total. The van der Waals surface area contributed by atoms with Crippen molar-refractivity contribution in [3.63, 3.8) is 0 Å². The van der Waals surface area contributed by atoms with Crippen molar-refractivity contribution >= 4 is 6.08 Å². The van der Waals surface area contributed by atoms with Gasteiger partial charge in [0.05, 0.1) is 6.07 Å². The molecule has 0 atom stereocenters. The van der Waals surface area contributed by atoms with E-state index in [1.165, 1.54) is 0 Å². The van der Waals surface area contributed by atoms with Crippen molar-refractivity contribution in [2.24, 2.45) is 0 Å². The zero-order chi connectivity index (χ0) is 12.0. The highest BCUT2D eigenvalue weighted by atomic mass is 14.9. The Morgan fingerprint density at radius 2 is 1.94 bits per heavy atom. The maximum atomic E-state index is 9.03. The van der Waals surface area contributed by atoms with Crippen LogP contribution in [0, 0.1) is 11.3 Å². The van der Waals surface area contributed by atoms with Crippen LogP contribution in [0.25, 0.3) is 6.08 Å². The summed E-state index contributed by atoms with van der Waals surface area (Å²) in [5, 5.41) is 12.3. The number of nitriles is 1. The van der Waals surface area contributed by atoms with Gasteiger partial charge in [-0.15, -0.1) is 0 Å². The molecule has 0 saturated heterocycles. The third-order valence-electron chi connectivity index (χ3n) is 2.09. The Kier molecular flexibility index (Phi) is 4.28. The van der Waals surface area contributed by atoms with Gasteiger partial charge in [-0.3, -0.25) is 0 Å². The Labute approximate surface area is 97.6 Å². The fourth-order valence-electron chi connectivity index (χ4n) is 1.23. The maximum absolute atomic E-state index is 9.03. The summed E-state index contributed by atoms with van der Waals surface area (Å²) in [6.07, 6.45) is 1.92. The molecule has 0 fully saturated rings. The van der Waals surface area contributed by atoms with Crippen LogP contribution in [-0.4, -0.2) is 12.1 Å². The molecule has 0 aliphatic carbocycles. The first-order valence-electron chi connectivity index (χ1n) is 5.42. The quantitative estimate of drug-likeness (QED) is 0.785. The zero-order valence-electron chi connectivity index (χ0n) is 10.1. The van der Waals surface area contributed by atoms with E-state index >= 15 is 0 Å². The van der Waals surface area contributed by atoms with Crippen molar-refractivity contribution in [1.82, 2.24) is 5.32 Å². The Hall–Kier alpha value is -1.59. The molecule has 0 unspecified atom stereocenters. The van der Waals surface area contributed by atoms with E-state index in [1.54, 1.807) is 0 Å². The van der Waals surface area contributed by atoms with Gasteiger partial charge in [-0.25, -0.2) is 0 Å². The van der Waals surface area contributed by atoms with Crippen LogP contribution in [0.5, 0.6) is 0 Å². The molecule has 0 bridgehead atoms. The first-order valence-corrected chi connectivity index (χ1v) is 5.42. The van der Waals surface area contributed by atoms with Crippen molar-refractivity contribution < 1.29 is 0 Å². The second-order valence-corrected chi connectivity index (χ2v) is 4.80. The second-order valence-electron chi connectivity index (χ2n) is 4.80. The molecule has 16 heavy (non-hydrogen) atoms. The molecule has 0 aromatic heterocycles. The lowest BCUT2D eigenvalue weighted by molar-refractivity contribution is 0.447. The molecular formula is C14H18N2. The first-order chi connectivity index (χ1) is 7.51. The fraction of sp³-hybridized carbons (Fsp3) is 0.357. The average Bonchev–Trinajstić information content (AvgIpc) is 2.24. The smallest absolute Gasteiger partial charge is 0.0961 e. The van der Waals surface area contributed by atoms with Gasteiger partial charge in [0.2, 0.25) is 0 Å². The number of hydrogen-bond donors (Lipinski definition) is 1. The van der Waals surface area contributed by atoms with Gasteiger partial charge in [-0.1, -0.05) is 30.3 Å². The van der Waals surface area contributed by atoms with Gasteiger partial charge in [-0.2, -0.15) is 5.26 Å². The molecule has 0 radical (unpaired) electrons. The molecule has 0 saturated carbocycles. The highest BCUT2D eigenvalue weighted by Gasteiger charge is 2.09. The minimum absolute atomic E-state index is 0.0344. The van der Waals surface area contributed by atoms with Gasteiger partial charge in [0.15, 0.2) is 0 Å². The molecule has 0 aliphatic heterocycles. The van der Waals surface area contributed by atoms with Crippen LogP contribution >= 0.6 is 0 Å². The molecule has 1 aromatic rings. The summed E-state index contributed by atoms with van der Waals surface area (Å²) in [6, 6.07) is 12.1. The van der Waals surface area contributed by atoms with E-state index in [9.17, 15) is 0 Å². The van der Waals surface area contributed by atoms with Crippen molar-refractivity contribution in [1.29, 1.82) is 5.26 Å². The highest BCUT2D eigenvalue weighted by Crippen LogP contribution is 2.07. The Morgan fingerprint density at radius 3 is 2.44 bits per heavy atom. The molecule has 0 heterocycles. The Balaban J connectivity index is 2.69. The van der Waals surface area contributed by atoms with Gasteiger partial charge in [-0.05, 0) is 32.4 Å². The number of benzene rings is 1. The third kappa shape index (κ3) is 4.77. The maximum Gasteiger partial charge on any atom is 0.0961 e. The number of nitrogens with zero attached hydrogens (tertiary/aromatic N) is 1. The summed E-state index contributed by atoms with van der Waals surface area (Å²) in [7, 11) is 0. The van der Waals surface area contributed by atoms with Gasteiger partial charge >= 0.3 is 0 Å². The molecule has 1 N–H and O–H groups in total. The van der Waals surface area contributed by atoms with Crippen molar-refractivity contribution in [2.75, 3.05) is 6.54 Å². The van der Waals surface area contributed by atoms with Crippen LogP contribution in [0.4, 0.5) is 0 Å². The Morgan fingerprint density at radius 1 is 1.31 bits per heavy atom. The van der Waals surface area contributed by atoms with E-state index in [0.717, 1.165) is 11.1 Å². The molecule has 84 valence electrons. The molecule has 2 heteroatoms. The van der Waals surface area contributed by atoms with Crippen LogP contribution < -0.4 is 5.32 Å². The predicted molar refractivity (Wildman–Crippen MR) is 67.8 cm³/mol. The van der Waals surface area contributed by atoms with Crippen LogP contribution in [0.15, 0.2) is 35.9 Å². The minimum Gasteiger partial charge on any atom is -0.307 e. The van der Waals surface area contributed by atoms with Gasteiger partial charge in [0.1, 0.15) is 0 Å². The lowest BCUT2D eigenvalue weighted by atomic mass is 10.1. The summed E-state index contributed by atoms with van der Waals surface area (Å²) in [5.74, 6) is 0. The zero-order valence-corrected chi connectivity index (χ0v) is 10.1. The van der Waals surface area contributed by atoms with Crippen molar-refractivity contribution in [2.45, 2.75) is 26.3 Å². The molecule has 0 amide bonds. The average molecular weight is 214 g/mol. The lowest BCUT2D eigenvalue weighted by Crippen LogP contribution is -2.36. The van der Waals surface area contributed by atoms with E-state index in [1.807, 2.05) is 36.4 Å². The third-order valence-corrected chi connectivity index (χ3v) is 2.09. The van der Waals surface area contributed by atoms with E-state index in [4.69, 9.17) is 5.26 Å². The summed E-state index contributed by atoms with van der Waals surface area (Å²) >= 11 is 0. The number of hydrogen-bond acceptors (Lipinski definition) is 2. The second kappa shape index (κ2) is 5.48. The van der Waals surface area contributed by atoms with Crippen LogP contribution in [0.2, 0.25) is 0 Å². The van der Waals surface area contributed by atoms with E-state index in [0.29, 0.717) is 6.54 Å². The predicted octanol–water partition coefficient (Wildman–Crippen LogP) is 2.98. The molecule has 1 rings (SSSR count). The molecule has 0 aliphatic rings. The molecule has 1 aromatic carbocycles. The van der Waals surface area contributed by atoms with E-state index < -0.39 is 0 Å². The molecule has 0 spiro atoms. The summed E-state index contributed by atoms with van der Waals surface area (Å²) in [5.41, 5.74) is 1.85. The molecular weight excluding hydrogens is 196 g/mol. The summed E-state index contributed by atoms with van der Waals surface area (Å²) in [6.45, 7) is 6.87. The fourth-order valence-corrected chi connectivity index (χ4v) is 1.23. The minimum atomic E-state index is 0.0344. The van der Waals surface area contributed by atoms with Crippen LogP contribution in [-0.2, 0) is 0 Å². The lowest BCUT2D eigenvalue weighted by Gasteiger charge is -2.20. The van der Waals surface area contributed by atoms with Gasteiger partial charge < -0.3 is 5.32 Å². The summed E-state index contributed by atoms with van der Waals surface area (Å²) in [4.78, 5) is 0. The topological polar surface area (TPSA) is 35.8 Å². The van der Waals surface area contributed by atoms with Crippen molar-refractivity contribution in [3.05, 3.63) is 41.5 Å². The van der Waals surface area contributed by atoms with E-state index in [-0.39, 0.29) is 5.54 Å². The van der Waals surface area contributed by atoms with Crippen LogP contribution in [0.3, 0.4) is 0 Å².